The van der Waals surface area contributed by atoms with E-state index in [4.69, 9.17) is 5.73 Å². The first kappa shape index (κ1) is 40.5. The largest absolute Gasteiger partial charge is 0.347 e. The Morgan fingerprint density at radius 1 is 0.962 bits per heavy atom. The number of aromatic nitrogens is 3. The number of nitrogens with one attached hydrogen (secondary N) is 3. The van der Waals surface area contributed by atoms with Gasteiger partial charge in [0.1, 0.15) is 5.52 Å². The number of likely N-dealkylation sites (tertiary alicyclic amines) is 1. The van der Waals surface area contributed by atoms with Gasteiger partial charge in [0.05, 0.1) is 23.7 Å². The zero-order chi connectivity index (χ0) is 38.8. The van der Waals surface area contributed by atoms with Crippen molar-refractivity contribution in [1.82, 2.24) is 34.8 Å². The molecular formula is C39H58N8O5S. The molecule has 13 nitrogen and oxygen atoms in total. The lowest BCUT2D eigenvalue weighted by Gasteiger charge is -2.43. The molecule has 53 heavy (non-hydrogen) atoms. The first-order valence-corrected chi connectivity index (χ1v) is 20.5. The number of carbonyl (C=O) groups is 3. The van der Waals surface area contributed by atoms with Crippen LogP contribution in [0.3, 0.4) is 0 Å². The van der Waals surface area contributed by atoms with Crippen LogP contribution in [0, 0.1) is 16.2 Å². The fraction of sp³-hybridized carbons (Fsp3) is 0.615. The summed E-state index contributed by atoms with van der Waals surface area (Å²) in [6.07, 6.45) is 9.63. The van der Waals surface area contributed by atoms with Crippen molar-refractivity contribution in [2.24, 2.45) is 22.0 Å². The number of rotatable bonds is 6. The van der Waals surface area contributed by atoms with Gasteiger partial charge in [-0.2, -0.15) is 0 Å². The lowest BCUT2D eigenvalue weighted by molar-refractivity contribution is -0.136. The van der Waals surface area contributed by atoms with Crippen LogP contribution in [0.4, 0.5) is 0 Å². The first-order chi connectivity index (χ1) is 24.7. The highest BCUT2D eigenvalue weighted by Crippen LogP contribution is 2.39. The number of sulfonamides is 1. The third kappa shape index (κ3) is 10.9. The molecule has 0 spiro atoms. The van der Waals surface area contributed by atoms with E-state index in [9.17, 15) is 22.8 Å². The molecule has 1 aromatic carbocycles. The van der Waals surface area contributed by atoms with E-state index in [1.807, 2.05) is 13.8 Å². The molecule has 2 atom stereocenters. The Hall–Kier alpha value is -3.72. The van der Waals surface area contributed by atoms with Crippen molar-refractivity contribution in [1.29, 1.82) is 0 Å². The summed E-state index contributed by atoms with van der Waals surface area (Å²) in [4.78, 5) is 49.0. The second kappa shape index (κ2) is 15.9. The number of amides is 3. The molecule has 4 aliphatic rings. The van der Waals surface area contributed by atoms with Gasteiger partial charge in [0.25, 0.3) is 5.91 Å². The van der Waals surface area contributed by atoms with Crippen molar-refractivity contribution < 1.29 is 22.8 Å². The molecule has 3 aromatic rings. The maximum atomic E-state index is 13.0. The van der Waals surface area contributed by atoms with E-state index in [-0.39, 0.29) is 41.1 Å². The second-order valence-corrected chi connectivity index (χ2v) is 19.4. The smallest absolute Gasteiger partial charge is 0.255 e. The summed E-state index contributed by atoms with van der Waals surface area (Å²) >= 11 is 0. The summed E-state index contributed by atoms with van der Waals surface area (Å²) in [5.74, 6) is -0.104. The number of nitrogens with zero attached hydrogens (tertiary/aromatic N) is 4. The predicted octanol–water partition coefficient (Wildman–Crippen LogP) is 4.32. The molecule has 2 unspecified atom stereocenters. The van der Waals surface area contributed by atoms with E-state index in [1.165, 1.54) is 22.5 Å². The van der Waals surface area contributed by atoms with Crippen LogP contribution >= 0.6 is 0 Å². The van der Waals surface area contributed by atoms with E-state index in [2.05, 4.69) is 88.5 Å². The molecule has 3 aliphatic heterocycles. The Morgan fingerprint density at radius 2 is 1.60 bits per heavy atom. The van der Waals surface area contributed by atoms with Crippen molar-refractivity contribution >= 4 is 38.9 Å². The normalized spacial score (nSPS) is 24.2. The lowest BCUT2D eigenvalue weighted by atomic mass is 9.78. The molecule has 0 bridgehead atoms. The van der Waals surface area contributed by atoms with Gasteiger partial charge in [0.15, 0.2) is 5.65 Å². The highest BCUT2D eigenvalue weighted by atomic mass is 32.2. The Balaban J connectivity index is 0.000000175. The molecule has 290 valence electrons. The zero-order valence-electron chi connectivity index (χ0n) is 32.4. The van der Waals surface area contributed by atoms with Crippen molar-refractivity contribution in [3.05, 3.63) is 59.5 Å². The van der Waals surface area contributed by atoms with Crippen LogP contribution in [0.2, 0.25) is 0 Å². The Labute approximate surface area is 314 Å². The number of imide groups is 1. The topological polar surface area (TPSA) is 183 Å². The van der Waals surface area contributed by atoms with Crippen molar-refractivity contribution in [2.45, 2.75) is 105 Å². The van der Waals surface area contributed by atoms with Crippen LogP contribution < -0.4 is 16.4 Å². The summed E-state index contributed by atoms with van der Waals surface area (Å²) in [6, 6.07) is 10.7. The monoisotopic (exact) mass is 750 g/mol. The quantitative estimate of drug-likeness (QED) is 0.267. The number of aromatic amines is 1. The number of benzene rings is 1. The maximum absolute atomic E-state index is 13.0. The van der Waals surface area contributed by atoms with Crippen LogP contribution in [0.5, 0.6) is 0 Å². The summed E-state index contributed by atoms with van der Waals surface area (Å²) in [6.45, 7) is 16.5. The summed E-state index contributed by atoms with van der Waals surface area (Å²) < 4.78 is 25.3. The number of piperidine rings is 3. The SMILES string of the molecule is CC1(C)CC(=O)NC(=O)C1.CC1(C)CCN(Cc2ccccc2)CC1N.CC1(C)CCN(S(C)(=O)=O)CC1NC(=O)c1c[nH]c2ncc(C3CC3)nc12. The first-order valence-electron chi connectivity index (χ1n) is 18.7. The van der Waals surface area contributed by atoms with Gasteiger partial charge in [-0.25, -0.2) is 22.7 Å². The van der Waals surface area contributed by atoms with E-state index >= 15 is 0 Å². The van der Waals surface area contributed by atoms with Gasteiger partial charge in [0, 0.05) is 63.2 Å². The van der Waals surface area contributed by atoms with Crippen LogP contribution in [-0.4, -0.2) is 94.8 Å². The number of hydrogen-bond acceptors (Lipinski definition) is 9. The summed E-state index contributed by atoms with van der Waals surface area (Å²) in [5, 5.41) is 5.29. The molecule has 5 N–H and O–H groups in total. The molecule has 5 heterocycles. The fourth-order valence-electron chi connectivity index (χ4n) is 6.97. The van der Waals surface area contributed by atoms with E-state index < -0.39 is 10.0 Å². The van der Waals surface area contributed by atoms with Crippen LogP contribution in [0.25, 0.3) is 11.2 Å². The third-order valence-corrected chi connectivity index (χ3v) is 12.4. The second-order valence-electron chi connectivity index (χ2n) is 17.4. The molecule has 1 saturated carbocycles. The predicted molar refractivity (Wildman–Crippen MR) is 206 cm³/mol. The molecule has 3 amide bonds. The molecular weight excluding hydrogens is 693 g/mol. The van der Waals surface area contributed by atoms with Crippen LogP contribution in [0.1, 0.15) is 108 Å². The van der Waals surface area contributed by atoms with Gasteiger partial charge in [0.2, 0.25) is 21.8 Å². The highest BCUT2D eigenvalue weighted by Gasteiger charge is 2.40. The highest BCUT2D eigenvalue weighted by molar-refractivity contribution is 7.88. The van der Waals surface area contributed by atoms with Crippen molar-refractivity contribution in [3.63, 3.8) is 0 Å². The van der Waals surface area contributed by atoms with Gasteiger partial charge in [-0.1, -0.05) is 71.9 Å². The minimum absolute atomic E-state index is 0.139. The third-order valence-electron chi connectivity index (χ3n) is 11.1. The van der Waals surface area contributed by atoms with Gasteiger partial charge >= 0.3 is 0 Å². The molecule has 7 rings (SSSR count). The summed E-state index contributed by atoms with van der Waals surface area (Å²) in [5.41, 5.74) is 10.1. The Morgan fingerprint density at radius 3 is 2.19 bits per heavy atom. The molecule has 2 aromatic heterocycles. The summed E-state index contributed by atoms with van der Waals surface area (Å²) in [7, 11) is -3.29. The average molecular weight is 751 g/mol. The number of H-pyrrole nitrogens is 1. The maximum Gasteiger partial charge on any atom is 0.255 e. The molecule has 1 aliphatic carbocycles. The van der Waals surface area contributed by atoms with Crippen LogP contribution in [0.15, 0.2) is 42.7 Å². The Kier molecular flexibility index (Phi) is 12.2. The fourth-order valence-corrected chi connectivity index (χ4v) is 7.81. The Bertz CT molecular complexity index is 1870. The van der Waals surface area contributed by atoms with Gasteiger partial charge in [-0.15, -0.1) is 0 Å². The number of nitrogens with two attached hydrogens (primary N) is 1. The number of fused-ring (bicyclic) bond motifs is 1. The van der Waals surface area contributed by atoms with E-state index in [1.54, 1.807) is 12.4 Å². The average Bonchev–Trinajstić information content (AvgIpc) is 3.82. The molecule has 4 fully saturated rings. The minimum Gasteiger partial charge on any atom is -0.347 e. The lowest BCUT2D eigenvalue weighted by Crippen LogP contribution is -2.57. The van der Waals surface area contributed by atoms with Gasteiger partial charge in [-0.3, -0.25) is 24.6 Å². The van der Waals surface area contributed by atoms with Crippen LogP contribution in [-0.2, 0) is 26.2 Å². The van der Waals surface area contributed by atoms with E-state index in [0.29, 0.717) is 59.9 Å². The molecule has 14 heteroatoms. The molecule has 0 radical (unpaired) electrons. The number of hydrogen-bond donors (Lipinski definition) is 4. The molecule has 3 saturated heterocycles. The van der Waals surface area contributed by atoms with Crippen molar-refractivity contribution in [3.8, 4) is 0 Å². The van der Waals surface area contributed by atoms with E-state index in [0.717, 1.165) is 38.2 Å². The zero-order valence-corrected chi connectivity index (χ0v) is 33.2. The van der Waals surface area contributed by atoms with Crippen molar-refractivity contribution in [2.75, 3.05) is 32.4 Å². The van der Waals surface area contributed by atoms with Gasteiger partial charge in [-0.05, 0) is 54.0 Å². The minimum atomic E-state index is -3.29. The van der Waals surface area contributed by atoms with Gasteiger partial charge < -0.3 is 16.0 Å². The standard InChI is InChI=1S/C18H25N5O3S.C14H22N2.C7H11NO2/c1-18(2)6-7-23(27(3,25)26)10-14(18)22-17(24)12-8-19-16-15(12)21-13(9-20-16)11-4-5-11;1-14(2)8-9-16(11-13(14)15)10-12-6-4-3-5-7-12;1-7(2)3-5(9)8-6(10)4-7/h8-9,11,14H,4-7,10H2,1-3H3,(H,19,20)(H,22,24);3-7,13H,8-11,15H2,1-2H3;3-4H2,1-2H3,(H,8,9,10). The number of carbonyl (C=O) groups excluding carboxylic acids is 3.